The summed E-state index contributed by atoms with van der Waals surface area (Å²) in [6.45, 7) is 9.33. The number of carbonyl (C=O) groups excluding carboxylic acids is 1. The van der Waals surface area contributed by atoms with Crippen molar-refractivity contribution in [2.24, 2.45) is 0 Å². The molecular weight excluding hydrogens is 448 g/mol. The van der Waals surface area contributed by atoms with Crippen molar-refractivity contribution in [3.05, 3.63) is 82.5 Å². The maximum Gasteiger partial charge on any atom is 0.261 e. The molecule has 4 aromatic rings. The Balaban J connectivity index is 1.92. The van der Waals surface area contributed by atoms with Gasteiger partial charge in [-0.2, -0.15) is 0 Å². The molecule has 34 heavy (non-hydrogen) atoms. The number of benzene rings is 3. The number of rotatable bonds is 6. The topological polar surface area (TPSA) is 77.4 Å². The highest BCUT2D eigenvalue weighted by Crippen LogP contribution is 2.37. The number of methoxy groups -OCH3 is 1. The molecule has 3 aromatic carbocycles. The molecule has 0 fully saturated rings. The summed E-state index contributed by atoms with van der Waals surface area (Å²) in [5.74, 6) is 0.506. The van der Waals surface area contributed by atoms with E-state index in [0.29, 0.717) is 17.0 Å². The van der Waals surface area contributed by atoms with E-state index in [-0.39, 0.29) is 10.7 Å². The second-order valence-electron chi connectivity index (χ2n) is 8.54. The van der Waals surface area contributed by atoms with E-state index in [9.17, 15) is 13.2 Å². The van der Waals surface area contributed by atoms with Gasteiger partial charge in [0, 0.05) is 22.3 Å². The van der Waals surface area contributed by atoms with Crippen molar-refractivity contribution < 1.29 is 17.9 Å². The third-order valence-corrected chi connectivity index (χ3v) is 7.70. The van der Waals surface area contributed by atoms with Crippen LogP contribution in [-0.2, 0) is 10.0 Å². The second kappa shape index (κ2) is 8.65. The number of anilines is 1. The SMILES string of the molecule is COc1ccc(S(=O)(=O)Nc2cc3c(C(C)=O)c(C)n(-c4ccc(C)cc4)c3c(C)c2C)cc1. The molecule has 0 saturated heterocycles. The molecule has 176 valence electrons. The Morgan fingerprint density at radius 2 is 1.53 bits per heavy atom. The van der Waals surface area contributed by atoms with Gasteiger partial charge < -0.3 is 9.30 Å². The lowest BCUT2D eigenvalue weighted by molar-refractivity contribution is 0.101. The fourth-order valence-electron chi connectivity index (χ4n) is 4.38. The average molecular weight is 477 g/mol. The number of fused-ring (bicyclic) bond motifs is 1. The van der Waals surface area contributed by atoms with Gasteiger partial charge in [-0.3, -0.25) is 9.52 Å². The predicted molar refractivity (Wildman–Crippen MR) is 136 cm³/mol. The second-order valence-corrected chi connectivity index (χ2v) is 10.2. The number of Topliss-reactive ketones (excluding diaryl/α,β-unsaturated/α-hetero) is 1. The lowest BCUT2D eigenvalue weighted by Crippen LogP contribution is -2.14. The van der Waals surface area contributed by atoms with E-state index in [0.717, 1.165) is 39.0 Å². The van der Waals surface area contributed by atoms with Crippen LogP contribution in [0.1, 0.15) is 39.7 Å². The van der Waals surface area contributed by atoms with Crippen molar-refractivity contribution in [2.75, 3.05) is 11.8 Å². The quantitative estimate of drug-likeness (QED) is 0.353. The van der Waals surface area contributed by atoms with Crippen molar-refractivity contribution in [3.8, 4) is 11.4 Å². The van der Waals surface area contributed by atoms with Crippen molar-refractivity contribution in [2.45, 2.75) is 39.5 Å². The van der Waals surface area contributed by atoms with Gasteiger partial charge in [0.15, 0.2) is 5.78 Å². The first-order chi connectivity index (χ1) is 16.0. The smallest absolute Gasteiger partial charge is 0.261 e. The number of ketones is 1. The van der Waals surface area contributed by atoms with Gasteiger partial charge in [0.05, 0.1) is 23.2 Å². The molecule has 0 unspecified atom stereocenters. The highest BCUT2D eigenvalue weighted by Gasteiger charge is 2.24. The van der Waals surface area contributed by atoms with Crippen LogP contribution in [0.15, 0.2) is 59.5 Å². The molecule has 0 saturated carbocycles. The molecule has 0 radical (unpaired) electrons. The predicted octanol–water partition coefficient (Wildman–Crippen LogP) is 5.88. The van der Waals surface area contributed by atoms with Crippen molar-refractivity contribution in [1.82, 2.24) is 4.57 Å². The first-order valence-electron chi connectivity index (χ1n) is 10.9. The molecule has 6 nitrogen and oxygen atoms in total. The molecule has 0 aliphatic rings. The fourth-order valence-corrected chi connectivity index (χ4v) is 5.50. The van der Waals surface area contributed by atoms with Crippen LogP contribution in [0.5, 0.6) is 5.75 Å². The number of ether oxygens (including phenoxy) is 1. The van der Waals surface area contributed by atoms with Gasteiger partial charge in [0.2, 0.25) is 0 Å². The standard InChI is InChI=1S/C27H28N2O4S/c1-16-7-9-21(10-8-16)29-19(4)26(20(5)30)24-15-25(17(2)18(3)27(24)29)28-34(31,32)23-13-11-22(33-6)12-14-23/h7-15,28H,1-6H3. The first-order valence-corrected chi connectivity index (χ1v) is 12.4. The highest BCUT2D eigenvalue weighted by atomic mass is 32.2. The Bertz CT molecular complexity index is 1510. The summed E-state index contributed by atoms with van der Waals surface area (Å²) < 4.78 is 36.2. The van der Waals surface area contributed by atoms with E-state index in [4.69, 9.17) is 4.74 Å². The number of nitrogens with one attached hydrogen (secondary N) is 1. The molecule has 0 amide bonds. The third-order valence-electron chi connectivity index (χ3n) is 6.31. The molecule has 4 rings (SSSR count). The number of aryl methyl sites for hydroxylation is 2. The van der Waals surface area contributed by atoms with Gasteiger partial charge in [-0.25, -0.2) is 8.42 Å². The maximum absolute atomic E-state index is 13.1. The summed E-state index contributed by atoms with van der Waals surface area (Å²) in [6, 6.07) is 16.1. The van der Waals surface area contributed by atoms with E-state index in [1.54, 1.807) is 18.2 Å². The van der Waals surface area contributed by atoms with Crippen molar-refractivity contribution in [1.29, 1.82) is 0 Å². The molecule has 0 aliphatic carbocycles. The van der Waals surface area contributed by atoms with Gasteiger partial charge in [0.1, 0.15) is 5.75 Å². The summed E-state index contributed by atoms with van der Waals surface area (Å²) in [5.41, 5.74) is 6.56. The van der Waals surface area contributed by atoms with Crippen LogP contribution in [0.4, 0.5) is 5.69 Å². The van der Waals surface area contributed by atoms with Gasteiger partial charge in [0.25, 0.3) is 10.0 Å². The van der Waals surface area contributed by atoms with E-state index >= 15 is 0 Å². The third kappa shape index (κ3) is 3.96. The van der Waals surface area contributed by atoms with E-state index < -0.39 is 10.0 Å². The van der Waals surface area contributed by atoms with Crippen LogP contribution >= 0.6 is 0 Å². The number of hydrogen-bond acceptors (Lipinski definition) is 4. The maximum atomic E-state index is 13.1. The first kappa shape index (κ1) is 23.6. The number of carbonyl (C=O) groups is 1. The molecule has 1 N–H and O–H groups in total. The summed E-state index contributed by atoms with van der Waals surface area (Å²) in [6.07, 6.45) is 0. The zero-order valence-corrected chi connectivity index (χ0v) is 21.0. The molecule has 1 aromatic heterocycles. The fraction of sp³-hybridized carbons (Fsp3) is 0.222. The number of nitrogens with zero attached hydrogens (tertiary/aromatic N) is 1. The van der Waals surface area contributed by atoms with Gasteiger partial charge in [-0.15, -0.1) is 0 Å². The Morgan fingerprint density at radius 3 is 2.09 bits per heavy atom. The van der Waals surface area contributed by atoms with Crippen LogP contribution in [0.2, 0.25) is 0 Å². The van der Waals surface area contributed by atoms with Crippen molar-refractivity contribution >= 4 is 32.4 Å². The van der Waals surface area contributed by atoms with E-state index in [1.807, 2.05) is 52.0 Å². The van der Waals surface area contributed by atoms with Crippen LogP contribution in [0, 0.1) is 27.7 Å². The zero-order chi connectivity index (χ0) is 24.8. The largest absolute Gasteiger partial charge is 0.497 e. The lowest BCUT2D eigenvalue weighted by atomic mass is 10.0. The highest BCUT2D eigenvalue weighted by molar-refractivity contribution is 7.92. The Kier molecular flexibility index (Phi) is 6.00. The number of aromatic nitrogens is 1. The Labute approximate surface area is 200 Å². The summed E-state index contributed by atoms with van der Waals surface area (Å²) in [7, 11) is -2.31. The Hall–Kier alpha value is -3.58. The van der Waals surface area contributed by atoms with E-state index in [2.05, 4.69) is 9.29 Å². The zero-order valence-electron chi connectivity index (χ0n) is 20.2. The van der Waals surface area contributed by atoms with Crippen LogP contribution in [0.25, 0.3) is 16.6 Å². The van der Waals surface area contributed by atoms with Gasteiger partial charge in [-0.1, -0.05) is 17.7 Å². The normalized spacial score (nSPS) is 11.6. The molecule has 0 spiro atoms. The molecule has 0 bridgehead atoms. The summed E-state index contributed by atoms with van der Waals surface area (Å²) in [5, 5.41) is 0.723. The lowest BCUT2D eigenvalue weighted by Gasteiger charge is -2.16. The molecular formula is C27H28N2O4S. The van der Waals surface area contributed by atoms with Crippen LogP contribution in [0.3, 0.4) is 0 Å². The minimum atomic E-state index is -3.84. The molecule has 7 heteroatoms. The van der Waals surface area contributed by atoms with Crippen LogP contribution in [-0.4, -0.2) is 25.9 Å². The number of sulfonamides is 1. The van der Waals surface area contributed by atoms with Crippen LogP contribution < -0.4 is 9.46 Å². The molecule has 0 aliphatic heterocycles. The minimum absolute atomic E-state index is 0.0689. The van der Waals surface area contributed by atoms with Crippen molar-refractivity contribution in [3.63, 3.8) is 0 Å². The Morgan fingerprint density at radius 1 is 0.912 bits per heavy atom. The summed E-state index contributed by atoms with van der Waals surface area (Å²) in [4.78, 5) is 12.8. The average Bonchev–Trinajstić information content (AvgIpc) is 3.09. The summed E-state index contributed by atoms with van der Waals surface area (Å²) >= 11 is 0. The van der Waals surface area contributed by atoms with E-state index in [1.165, 1.54) is 26.2 Å². The molecule has 0 atom stereocenters. The van der Waals surface area contributed by atoms with Gasteiger partial charge >= 0.3 is 0 Å². The molecule has 1 heterocycles. The minimum Gasteiger partial charge on any atom is -0.497 e. The van der Waals surface area contributed by atoms with Gasteiger partial charge in [-0.05, 0) is 88.2 Å². The number of hydrogen-bond donors (Lipinski definition) is 1. The monoisotopic (exact) mass is 476 g/mol.